The largest absolute Gasteiger partial charge is 0.146 e. The molecular formula is C78H114Si2. The Kier molecular flexibility index (Phi) is 27.0. The van der Waals surface area contributed by atoms with Gasteiger partial charge in [0.1, 0.15) is 16.1 Å². The maximum atomic E-state index is 3.95. The lowest BCUT2D eigenvalue weighted by Crippen LogP contribution is -2.43. The molecule has 0 aliphatic carbocycles. The summed E-state index contributed by atoms with van der Waals surface area (Å²) in [6.45, 7) is 80.6. The van der Waals surface area contributed by atoms with E-state index in [0.29, 0.717) is 33.2 Å². The van der Waals surface area contributed by atoms with Crippen molar-refractivity contribution in [3.8, 4) is 94.0 Å². The van der Waals surface area contributed by atoms with Gasteiger partial charge in [-0.05, 0) is 104 Å². The first kappa shape index (κ1) is 75.0. The van der Waals surface area contributed by atoms with Crippen molar-refractivity contribution in [3.63, 3.8) is 0 Å². The molecule has 80 heavy (non-hydrogen) atoms. The third kappa shape index (κ3) is 23.1. The topological polar surface area (TPSA) is 0 Å². The zero-order chi connectivity index (χ0) is 63.2. The lowest BCUT2D eigenvalue weighted by Gasteiger charge is -2.38. The van der Waals surface area contributed by atoms with Crippen LogP contribution in [0.15, 0.2) is 67.5 Å². The smallest absolute Gasteiger partial charge is 0.125 e. The molecule has 0 aliphatic heterocycles. The summed E-state index contributed by atoms with van der Waals surface area (Å²) < 4.78 is 0. The van der Waals surface area contributed by atoms with Crippen LogP contribution in [0.3, 0.4) is 0 Å². The van der Waals surface area contributed by atoms with Gasteiger partial charge in [-0.2, -0.15) is 0 Å². The molecule has 0 aromatic heterocycles. The average Bonchev–Trinajstić information content (AvgIpc) is 3.22. The molecule has 0 saturated heterocycles. The molecule has 0 atom stereocenters. The fourth-order valence-electron chi connectivity index (χ4n) is 9.52. The van der Waals surface area contributed by atoms with E-state index >= 15 is 0 Å². The Morgan fingerprint density at radius 1 is 0.200 bits per heavy atom. The van der Waals surface area contributed by atoms with E-state index in [0.717, 1.165) is 44.6 Å². The van der Waals surface area contributed by atoms with Crippen LogP contribution in [0.4, 0.5) is 0 Å². The van der Waals surface area contributed by atoms with Crippen molar-refractivity contribution in [1.82, 2.24) is 0 Å². The van der Waals surface area contributed by atoms with E-state index in [2.05, 4.69) is 366 Å². The highest BCUT2D eigenvalue weighted by Crippen LogP contribution is 2.43. The fourth-order valence-corrected chi connectivity index (χ4v) is 19.9. The molecule has 0 aromatic rings. The summed E-state index contributed by atoms with van der Waals surface area (Å²) in [4.78, 5) is 0. The van der Waals surface area contributed by atoms with Crippen molar-refractivity contribution in [1.29, 1.82) is 0 Å². The van der Waals surface area contributed by atoms with Crippen LogP contribution in [0.25, 0.3) is 0 Å². The van der Waals surface area contributed by atoms with Gasteiger partial charge in [0.2, 0.25) is 0 Å². The number of hydrogen-bond donors (Lipinski definition) is 0. The van der Waals surface area contributed by atoms with Crippen LogP contribution in [0.2, 0.25) is 33.2 Å². The third-order valence-electron chi connectivity index (χ3n) is 14.9. The normalized spacial score (nSPS) is 12.2. The molecule has 2 heteroatoms. The molecule has 0 nitrogen and oxygen atoms in total. The standard InChI is InChI=1S/C78H114Si2/c1-57(2)79(58(3)4,59(5)6)51-49-69(77(31,32)33)55-67(75(25,26)27)47-41-39-45-65(73(19,20)21)53-63(71(13,14)15)43-37-38-44-64(72(16,17)18)54-66(74(22,23)24)46-40-42-48-68(76(28,29)30)56-70(78(34,35)36)50-52-80(60(7)8,61(9)10)62(11)12/h57-62H,1-36H3. The van der Waals surface area contributed by atoms with Crippen LogP contribution >= 0.6 is 0 Å². The van der Waals surface area contributed by atoms with Gasteiger partial charge in [-0.15, -0.1) is 11.1 Å². The van der Waals surface area contributed by atoms with Gasteiger partial charge in [0, 0.05) is 54.5 Å². The van der Waals surface area contributed by atoms with E-state index in [4.69, 9.17) is 0 Å². The Morgan fingerprint density at radius 3 is 0.412 bits per heavy atom. The first-order valence-electron chi connectivity index (χ1n) is 29.9. The molecule has 434 valence electrons. The summed E-state index contributed by atoms with van der Waals surface area (Å²) >= 11 is 0. The number of hydrogen-bond acceptors (Lipinski definition) is 0. The van der Waals surface area contributed by atoms with Crippen LogP contribution in [0, 0.1) is 137 Å². The number of rotatable bonds is 6. The van der Waals surface area contributed by atoms with Gasteiger partial charge in [-0.1, -0.05) is 284 Å². The molecule has 0 aliphatic rings. The van der Waals surface area contributed by atoms with E-state index in [-0.39, 0.29) is 43.3 Å². The molecule has 0 spiro atoms. The fraction of sp³-hybridized carbons (Fsp3) is 0.641. The Morgan fingerprint density at radius 2 is 0.312 bits per heavy atom. The minimum absolute atomic E-state index is 0.199. The molecule has 0 bridgehead atoms. The highest BCUT2D eigenvalue weighted by molar-refractivity contribution is 6.91. The molecule has 0 N–H and O–H groups in total. The summed E-state index contributed by atoms with van der Waals surface area (Å²) in [5.41, 5.74) is 30.9. The van der Waals surface area contributed by atoms with Gasteiger partial charge in [0.05, 0.1) is 33.4 Å². The Hall–Kier alpha value is -5.01. The SMILES string of the molecule is CC(C)[Si](C#CC(=C=C(C#CC#CC(=C=C(C#CC#CC(=C=C(C#CC#CC(=C=C(C#C[Si](C(C)C)(C(C)C)C(C)C)C(C)(C)C)C(C)(C)C)C(C)(C)C)C(C)(C)C)C(C)(C)C)C(C)(C)C)C(C)(C)C)C(C)(C)C)(C(C)C)C(C)C. The zero-order valence-corrected chi connectivity index (χ0v) is 60.5. The highest BCUT2D eigenvalue weighted by atomic mass is 28.3. The second kappa shape index (κ2) is 28.8. The van der Waals surface area contributed by atoms with Gasteiger partial charge in [0.25, 0.3) is 0 Å². The van der Waals surface area contributed by atoms with Crippen molar-refractivity contribution >= 4 is 16.1 Å². The Bertz CT molecular complexity index is 2800. The van der Waals surface area contributed by atoms with Gasteiger partial charge in [-0.25, -0.2) is 0 Å². The van der Waals surface area contributed by atoms with Crippen LogP contribution < -0.4 is 0 Å². The van der Waals surface area contributed by atoms with Crippen molar-refractivity contribution in [3.05, 3.63) is 67.5 Å². The molecule has 0 heterocycles. The van der Waals surface area contributed by atoms with Gasteiger partial charge < -0.3 is 0 Å². The van der Waals surface area contributed by atoms with Crippen molar-refractivity contribution in [2.45, 2.75) is 283 Å². The van der Waals surface area contributed by atoms with Crippen molar-refractivity contribution in [2.24, 2.45) is 43.3 Å². The van der Waals surface area contributed by atoms with E-state index in [1.807, 2.05) is 0 Å². The summed E-state index contributed by atoms with van der Waals surface area (Å²) in [7, 11) is -3.91. The quantitative estimate of drug-likeness (QED) is 0.141. The molecule has 0 radical (unpaired) electrons. The molecular weight excluding hydrogens is 993 g/mol. The lowest BCUT2D eigenvalue weighted by molar-refractivity contribution is 0.508. The van der Waals surface area contributed by atoms with Crippen LogP contribution in [0.5, 0.6) is 0 Å². The van der Waals surface area contributed by atoms with E-state index in [9.17, 15) is 0 Å². The molecule has 0 amide bonds. The minimum Gasteiger partial charge on any atom is -0.125 e. The van der Waals surface area contributed by atoms with E-state index in [1.54, 1.807) is 0 Å². The lowest BCUT2D eigenvalue weighted by atomic mass is 9.82. The predicted octanol–water partition coefficient (Wildman–Crippen LogP) is 21.6. The maximum Gasteiger partial charge on any atom is 0.146 e. The molecule has 0 aromatic carbocycles. The minimum atomic E-state index is -1.96. The zero-order valence-electron chi connectivity index (χ0n) is 58.5. The maximum absolute atomic E-state index is 3.95. The van der Waals surface area contributed by atoms with E-state index < -0.39 is 16.1 Å². The predicted molar refractivity (Wildman–Crippen MR) is 362 cm³/mol. The number of allylic oxidation sites excluding steroid dienone is 4. The van der Waals surface area contributed by atoms with Gasteiger partial charge in [-0.3, -0.25) is 0 Å². The second-order valence-corrected chi connectivity index (χ2v) is 43.5. The highest BCUT2D eigenvalue weighted by Gasteiger charge is 2.43. The first-order chi connectivity index (χ1) is 35.7. The third-order valence-corrected chi connectivity index (χ3v) is 27.4. The monoisotopic (exact) mass is 1110 g/mol. The first-order valence-corrected chi connectivity index (χ1v) is 34.4. The summed E-state index contributed by atoms with van der Waals surface area (Å²) in [6.07, 6.45) is 0. The van der Waals surface area contributed by atoms with E-state index in [1.165, 1.54) is 0 Å². The molecule has 0 rings (SSSR count). The molecule has 0 saturated carbocycles. The van der Waals surface area contributed by atoms with Crippen LogP contribution in [-0.2, 0) is 0 Å². The average molecular weight is 1110 g/mol. The van der Waals surface area contributed by atoms with Crippen molar-refractivity contribution in [2.75, 3.05) is 0 Å². The van der Waals surface area contributed by atoms with Gasteiger partial charge >= 0.3 is 0 Å². The van der Waals surface area contributed by atoms with Crippen molar-refractivity contribution < 1.29 is 0 Å². The summed E-state index contributed by atoms with van der Waals surface area (Å²) in [5.74, 6) is 47.2. The van der Waals surface area contributed by atoms with Crippen LogP contribution in [0.1, 0.15) is 249 Å². The molecule has 0 fully saturated rings. The summed E-state index contributed by atoms with van der Waals surface area (Å²) in [6, 6.07) is 0. The Labute approximate surface area is 500 Å². The van der Waals surface area contributed by atoms with Gasteiger partial charge in [0.15, 0.2) is 0 Å². The molecule has 0 unspecified atom stereocenters. The van der Waals surface area contributed by atoms with Crippen LogP contribution in [-0.4, -0.2) is 16.1 Å². The second-order valence-electron chi connectivity index (χ2n) is 32.3. The Balaban J connectivity index is 8.49. The summed E-state index contributed by atoms with van der Waals surface area (Å²) in [5, 5.41) is 0.